The van der Waals surface area contributed by atoms with Gasteiger partial charge in [0.2, 0.25) is 5.78 Å². The number of phenols is 1. The van der Waals surface area contributed by atoms with E-state index in [-0.39, 0.29) is 48.2 Å². The molecule has 51 heavy (non-hydrogen) atoms. The number of ketones is 2. The highest BCUT2D eigenvalue weighted by molar-refractivity contribution is 6.25. The van der Waals surface area contributed by atoms with E-state index < -0.39 is 63.1 Å². The van der Waals surface area contributed by atoms with E-state index in [4.69, 9.17) is 15.2 Å². The van der Waals surface area contributed by atoms with Gasteiger partial charge in [0.05, 0.1) is 25.3 Å². The van der Waals surface area contributed by atoms with Gasteiger partial charge in [-0.2, -0.15) is 0 Å². The number of carbonyl (C=O) groups is 4. The molecule has 2 aromatic rings. The SMILES string of the molecule is CCOC(=O)C(NCc1ccc(OC)c(-c2ccc(O)c3c2C[C@@]2(C)C[C@@]4(C)[C@H](N(C)C)C(=O)C(C(N)=O)=C(O)[C@@]4(O)C(=O)C2=C3O)c1)C(C)C. The minimum Gasteiger partial charge on any atom is -0.508 e. The Bertz CT molecular complexity index is 1900. The molecule has 0 spiro atoms. The molecule has 7 N–H and O–H groups in total. The normalized spacial score (nSPS) is 26.5. The second-order valence-electron chi connectivity index (χ2n) is 14.8. The molecule has 5 atom stereocenters. The average Bonchev–Trinajstić information content (AvgIpc) is 3.02. The molecule has 0 saturated heterocycles. The number of rotatable bonds is 10. The number of hydrogen-bond donors (Lipinski definition) is 6. The van der Waals surface area contributed by atoms with Gasteiger partial charge in [-0.3, -0.25) is 24.1 Å². The van der Waals surface area contributed by atoms with Crippen molar-refractivity contribution in [1.82, 2.24) is 10.2 Å². The number of amides is 1. The smallest absolute Gasteiger partial charge is 0.323 e. The van der Waals surface area contributed by atoms with Crippen molar-refractivity contribution < 1.29 is 49.1 Å². The van der Waals surface area contributed by atoms with Crippen LogP contribution in [0, 0.1) is 16.7 Å². The number of aliphatic hydroxyl groups excluding tert-OH is 2. The summed E-state index contributed by atoms with van der Waals surface area (Å²) in [6.07, 6.45) is -0.0410. The van der Waals surface area contributed by atoms with E-state index in [1.54, 1.807) is 40.1 Å². The summed E-state index contributed by atoms with van der Waals surface area (Å²) in [5.74, 6) is -5.24. The number of likely N-dealkylation sites (N-methyl/N-ethyl adjacent to an activating group) is 1. The topological polar surface area (TPSA) is 209 Å². The lowest BCUT2D eigenvalue weighted by Crippen LogP contribution is -2.72. The molecule has 1 amide bonds. The Morgan fingerprint density at radius 1 is 1.08 bits per heavy atom. The summed E-state index contributed by atoms with van der Waals surface area (Å²) in [5.41, 5.74) is 1.03. The number of nitrogens with zero attached hydrogens (tertiary/aromatic N) is 1. The van der Waals surface area contributed by atoms with Gasteiger partial charge in [-0.05, 0) is 74.7 Å². The number of aliphatic hydroxyl groups is 3. The molecule has 274 valence electrons. The van der Waals surface area contributed by atoms with Gasteiger partial charge >= 0.3 is 5.97 Å². The minimum absolute atomic E-state index is 0.0390. The fourth-order valence-corrected chi connectivity index (χ4v) is 8.70. The molecule has 1 saturated carbocycles. The Hall–Kier alpha value is -4.72. The van der Waals surface area contributed by atoms with E-state index >= 15 is 0 Å². The van der Waals surface area contributed by atoms with Gasteiger partial charge in [0.25, 0.3) is 5.91 Å². The highest BCUT2D eigenvalue weighted by Crippen LogP contribution is 2.63. The first-order chi connectivity index (χ1) is 23.8. The van der Waals surface area contributed by atoms with Gasteiger partial charge in [-0.1, -0.05) is 39.8 Å². The molecule has 13 nitrogen and oxygen atoms in total. The molecule has 5 rings (SSSR count). The van der Waals surface area contributed by atoms with Crippen LogP contribution in [0.1, 0.15) is 57.7 Å². The zero-order valence-corrected chi connectivity index (χ0v) is 30.2. The van der Waals surface area contributed by atoms with Crippen LogP contribution in [0.25, 0.3) is 16.9 Å². The quantitative estimate of drug-likeness (QED) is 0.156. The number of Topliss-reactive ketones (excluding diaryl/α,β-unsaturated/α-hetero) is 2. The largest absolute Gasteiger partial charge is 0.508 e. The maximum Gasteiger partial charge on any atom is 0.323 e. The van der Waals surface area contributed by atoms with E-state index in [1.807, 2.05) is 26.0 Å². The molecule has 0 aromatic heterocycles. The molecular formula is C38H47N3O10. The standard InChI is InChI=1S/C38H47N3O10/c1-9-51-35(48)28(18(2)3)40-16-19-10-13-24(50-8)21(14-19)20-11-12-23(42)25-22(20)15-36(4)17-37(5)31(41(6)7)30(44)26(34(39)47)32(45)38(37,49)33(46)27(36)29(25)43/h10-14,18,28,31,40,42-43,45,49H,9,15-17H2,1-8H3,(H2,39,47)/t28?,31-,36+,37+,38-/m1/s1. The molecule has 0 heterocycles. The number of nitrogens with two attached hydrogens (primary N) is 1. The van der Waals surface area contributed by atoms with E-state index in [0.29, 0.717) is 29.0 Å². The van der Waals surface area contributed by atoms with Crippen LogP contribution in [0.15, 0.2) is 47.2 Å². The number of fused-ring (bicyclic) bond motifs is 3. The van der Waals surface area contributed by atoms with Gasteiger partial charge in [-0.15, -0.1) is 0 Å². The van der Waals surface area contributed by atoms with Gasteiger partial charge in [-0.25, -0.2) is 0 Å². The fourth-order valence-electron chi connectivity index (χ4n) is 8.70. The summed E-state index contributed by atoms with van der Waals surface area (Å²) in [7, 11) is 4.63. The third kappa shape index (κ3) is 5.58. The third-order valence-electron chi connectivity index (χ3n) is 10.8. The summed E-state index contributed by atoms with van der Waals surface area (Å²) in [5, 5.41) is 50.0. The zero-order valence-electron chi connectivity index (χ0n) is 30.2. The lowest BCUT2D eigenvalue weighted by atomic mass is 9.46. The van der Waals surface area contributed by atoms with Gasteiger partial charge in [0.1, 0.15) is 34.6 Å². The molecule has 2 aromatic carbocycles. The second-order valence-corrected chi connectivity index (χ2v) is 14.8. The highest BCUT2D eigenvalue weighted by Gasteiger charge is 2.72. The molecule has 0 aliphatic heterocycles. The predicted octanol–water partition coefficient (Wildman–Crippen LogP) is 3.10. The van der Waals surface area contributed by atoms with Crippen molar-refractivity contribution >= 4 is 29.2 Å². The van der Waals surface area contributed by atoms with E-state index in [2.05, 4.69) is 5.32 Å². The van der Waals surface area contributed by atoms with E-state index in [1.165, 1.54) is 25.0 Å². The Balaban J connectivity index is 1.69. The van der Waals surface area contributed by atoms with Gasteiger partial charge in [0.15, 0.2) is 11.4 Å². The molecule has 3 aliphatic rings. The number of hydrogen-bond acceptors (Lipinski definition) is 12. The van der Waals surface area contributed by atoms with Gasteiger partial charge in [0, 0.05) is 28.5 Å². The summed E-state index contributed by atoms with van der Waals surface area (Å²) < 4.78 is 11.0. The van der Waals surface area contributed by atoms with Crippen molar-refractivity contribution in [2.75, 3.05) is 27.8 Å². The van der Waals surface area contributed by atoms with Gasteiger partial charge < -0.3 is 41.0 Å². The summed E-state index contributed by atoms with van der Waals surface area (Å²) in [4.78, 5) is 54.8. The van der Waals surface area contributed by atoms with Crippen molar-refractivity contribution in [1.29, 1.82) is 0 Å². The van der Waals surface area contributed by atoms with Crippen LogP contribution in [0.4, 0.5) is 0 Å². The van der Waals surface area contributed by atoms with Crippen LogP contribution in [0.5, 0.6) is 11.5 Å². The van der Waals surface area contributed by atoms with Crippen LogP contribution in [-0.4, -0.2) is 94.3 Å². The number of carbonyl (C=O) groups excluding carboxylic acids is 4. The maximum absolute atomic E-state index is 14.6. The lowest BCUT2D eigenvalue weighted by molar-refractivity contribution is -0.176. The number of phenolic OH excluding ortho intramolecular Hbond substituents is 1. The molecule has 0 radical (unpaired) electrons. The molecule has 13 heteroatoms. The first kappa shape index (κ1) is 37.5. The Morgan fingerprint density at radius 3 is 2.31 bits per heavy atom. The highest BCUT2D eigenvalue weighted by atomic mass is 16.5. The minimum atomic E-state index is -2.81. The number of ether oxygens (including phenoxy) is 2. The summed E-state index contributed by atoms with van der Waals surface area (Å²) in [6, 6.07) is 6.76. The molecule has 1 fully saturated rings. The lowest BCUT2D eigenvalue weighted by Gasteiger charge is -2.59. The maximum atomic E-state index is 14.6. The van der Waals surface area contributed by atoms with Crippen LogP contribution >= 0.6 is 0 Å². The number of nitrogens with one attached hydrogen (secondary N) is 1. The fraction of sp³-hybridized carbons (Fsp3) is 0.474. The molecule has 3 aliphatic carbocycles. The number of methoxy groups -OCH3 is 1. The van der Waals surface area contributed by atoms with Crippen molar-refractivity contribution in [2.45, 2.75) is 71.7 Å². The number of benzene rings is 2. The average molecular weight is 706 g/mol. The van der Waals surface area contributed by atoms with Crippen molar-refractivity contribution in [2.24, 2.45) is 22.5 Å². The summed E-state index contributed by atoms with van der Waals surface area (Å²) in [6.45, 7) is 9.37. The first-order valence-corrected chi connectivity index (χ1v) is 16.9. The van der Waals surface area contributed by atoms with E-state index in [0.717, 1.165) is 5.56 Å². The number of esters is 1. The first-order valence-electron chi connectivity index (χ1n) is 16.9. The third-order valence-corrected chi connectivity index (χ3v) is 10.8. The number of primary amides is 1. The predicted molar refractivity (Wildman–Crippen MR) is 188 cm³/mol. The zero-order chi connectivity index (χ0) is 38.0. The molecule has 0 bridgehead atoms. The number of aromatic hydroxyl groups is 1. The van der Waals surface area contributed by atoms with Crippen LogP contribution in [-0.2, 0) is 36.9 Å². The van der Waals surface area contributed by atoms with Crippen LogP contribution in [0.2, 0.25) is 0 Å². The van der Waals surface area contributed by atoms with Crippen molar-refractivity contribution in [3.8, 4) is 22.6 Å². The van der Waals surface area contributed by atoms with Crippen LogP contribution in [0.3, 0.4) is 0 Å². The summed E-state index contributed by atoms with van der Waals surface area (Å²) >= 11 is 0. The Morgan fingerprint density at radius 2 is 1.75 bits per heavy atom. The Labute approximate surface area is 296 Å². The second kappa shape index (κ2) is 13.1. The van der Waals surface area contributed by atoms with E-state index in [9.17, 15) is 39.6 Å². The van der Waals surface area contributed by atoms with Crippen LogP contribution < -0.4 is 15.8 Å². The van der Waals surface area contributed by atoms with Crippen molar-refractivity contribution in [3.63, 3.8) is 0 Å². The van der Waals surface area contributed by atoms with Crippen molar-refractivity contribution in [3.05, 3.63) is 63.9 Å². The Kier molecular flexibility index (Phi) is 9.65. The monoisotopic (exact) mass is 705 g/mol. The molecule has 1 unspecified atom stereocenters. The molecular weight excluding hydrogens is 658 g/mol.